The Balaban J connectivity index is 2.11. The maximum absolute atomic E-state index is 13.4. The van der Waals surface area contributed by atoms with Crippen LogP contribution in [0, 0.1) is 17.0 Å². The molecule has 0 aliphatic carbocycles. The van der Waals surface area contributed by atoms with Crippen LogP contribution in [0.5, 0.6) is 5.75 Å². The van der Waals surface area contributed by atoms with E-state index in [0.717, 1.165) is 10.3 Å². The largest absolute Gasteiger partial charge is 0.494 e. The van der Waals surface area contributed by atoms with E-state index in [4.69, 9.17) is 16.3 Å². The van der Waals surface area contributed by atoms with Crippen LogP contribution >= 0.6 is 22.9 Å². The first-order valence-electron chi connectivity index (χ1n) is 9.07. The number of benzene rings is 2. The van der Waals surface area contributed by atoms with Gasteiger partial charge in [0.25, 0.3) is 11.6 Å². The Bertz CT molecular complexity index is 1120. The van der Waals surface area contributed by atoms with E-state index in [1.165, 1.54) is 34.4 Å². The number of non-ortho nitro benzene ring substituents is 1. The van der Waals surface area contributed by atoms with Gasteiger partial charge in [-0.05, 0) is 38.7 Å². The van der Waals surface area contributed by atoms with Crippen molar-refractivity contribution in [2.24, 2.45) is 0 Å². The van der Waals surface area contributed by atoms with Gasteiger partial charge in [-0.15, -0.1) is 0 Å². The molecule has 158 valence electrons. The molecule has 3 aromatic rings. The number of rotatable bonds is 7. The highest BCUT2D eigenvalue weighted by atomic mass is 35.5. The third-order valence-electron chi connectivity index (χ3n) is 4.55. The monoisotopic (exact) mass is 448 g/mol. The zero-order chi connectivity index (χ0) is 22.0. The lowest BCUT2D eigenvalue weighted by atomic mass is 10.1. The highest BCUT2D eigenvalue weighted by Crippen LogP contribution is 2.37. The molecule has 1 heterocycles. The summed E-state index contributed by atoms with van der Waals surface area (Å²) >= 11 is 7.60. The summed E-state index contributed by atoms with van der Waals surface area (Å²) in [5, 5.41) is 11.8. The summed E-state index contributed by atoms with van der Waals surface area (Å²) < 4.78 is 6.33. The Morgan fingerprint density at radius 2 is 2.00 bits per heavy atom. The Kier molecular flexibility index (Phi) is 6.55. The molecule has 0 saturated carbocycles. The Morgan fingerprint density at radius 3 is 2.63 bits per heavy atom. The van der Waals surface area contributed by atoms with Gasteiger partial charge in [-0.2, -0.15) is 0 Å². The highest BCUT2D eigenvalue weighted by molar-refractivity contribution is 7.22. The SMILES string of the molecule is COc1ccc(C)c2sc(N(CCN(C)C)C(=O)c3cc([N+](=O)[O-])ccc3Cl)nc12. The third-order valence-corrected chi connectivity index (χ3v) is 6.09. The van der Waals surface area contributed by atoms with Gasteiger partial charge in [-0.25, -0.2) is 4.98 Å². The molecular formula is C20H21ClN4O4S. The van der Waals surface area contributed by atoms with E-state index in [-0.39, 0.29) is 16.3 Å². The van der Waals surface area contributed by atoms with Gasteiger partial charge in [-0.3, -0.25) is 19.8 Å². The van der Waals surface area contributed by atoms with Crippen LogP contribution in [0.15, 0.2) is 30.3 Å². The predicted molar refractivity (Wildman–Crippen MR) is 119 cm³/mol. The maximum atomic E-state index is 13.4. The fourth-order valence-electron chi connectivity index (χ4n) is 2.90. The quantitative estimate of drug-likeness (QED) is 0.393. The number of nitro benzene ring substituents is 1. The number of fused-ring (bicyclic) bond motifs is 1. The molecule has 1 aromatic heterocycles. The zero-order valence-electron chi connectivity index (χ0n) is 17.0. The van der Waals surface area contributed by atoms with Gasteiger partial charge < -0.3 is 9.64 Å². The summed E-state index contributed by atoms with van der Waals surface area (Å²) in [6.07, 6.45) is 0. The van der Waals surface area contributed by atoms with E-state index in [1.54, 1.807) is 7.11 Å². The number of carbonyl (C=O) groups excluding carboxylic acids is 1. The van der Waals surface area contributed by atoms with Crippen LogP contribution in [-0.4, -0.2) is 55.0 Å². The molecule has 0 aliphatic heterocycles. The minimum absolute atomic E-state index is 0.0626. The van der Waals surface area contributed by atoms with Crippen LogP contribution in [0.25, 0.3) is 10.2 Å². The highest BCUT2D eigenvalue weighted by Gasteiger charge is 2.26. The molecule has 0 saturated heterocycles. The number of aryl methyl sites for hydroxylation is 1. The molecule has 0 N–H and O–H groups in total. The van der Waals surface area contributed by atoms with Crippen molar-refractivity contribution >= 4 is 49.9 Å². The van der Waals surface area contributed by atoms with Crippen LogP contribution in [0.4, 0.5) is 10.8 Å². The first-order valence-corrected chi connectivity index (χ1v) is 10.3. The Labute approximate surface area is 182 Å². The standard InChI is InChI=1S/C20H21ClN4O4S/c1-12-5-8-16(29-4)17-18(12)30-20(22-17)24(10-9-23(2)3)19(26)14-11-13(25(27)28)6-7-15(14)21/h5-8,11H,9-10H2,1-4H3. The second kappa shape index (κ2) is 8.95. The van der Waals surface area contributed by atoms with Crippen LogP contribution in [0.2, 0.25) is 5.02 Å². The Hall–Kier alpha value is -2.75. The molecule has 0 aliphatic rings. The zero-order valence-corrected chi connectivity index (χ0v) is 18.6. The maximum Gasteiger partial charge on any atom is 0.270 e. The summed E-state index contributed by atoms with van der Waals surface area (Å²) in [6.45, 7) is 2.88. The minimum Gasteiger partial charge on any atom is -0.494 e. The molecule has 0 fully saturated rings. The number of hydrogen-bond acceptors (Lipinski definition) is 7. The second-order valence-corrected chi connectivity index (χ2v) is 8.32. The fourth-order valence-corrected chi connectivity index (χ4v) is 4.17. The van der Waals surface area contributed by atoms with Gasteiger partial charge >= 0.3 is 0 Å². The number of nitrogens with zero attached hydrogens (tertiary/aromatic N) is 4. The number of halogens is 1. The average molecular weight is 449 g/mol. The van der Waals surface area contributed by atoms with Crippen LogP contribution < -0.4 is 9.64 Å². The number of thiazole rings is 1. The molecule has 3 rings (SSSR count). The fraction of sp³-hybridized carbons (Fsp3) is 0.300. The first kappa shape index (κ1) is 21.9. The van der Waals surface area contributed by atoms with E-state index in [9.17, 15) is 14.9 Å². The topological polar surface area (TPSA) is 88.8 Å². The molecule has 30 heavy (non-hydrogen) atoms. The third kappa shape index (κ3) is 4.38. The van der Waals surface area contributed by atoms with E-state index in [2.05, 4.69) is 4.98 Å². The van der Waals surface area contributed by atoms with E-state index in [1.807, 2.05) is 38.1 Å². The van der Waals surface area contributed by atoms with Crippen molar-refractivity contribution in [3.8, 4) is 5.75 Å². The van der Waals surface area contributed by atoms with Gasteiger partial charge in [0.1, 0.15) is 11.3 Å². The van der Waals surface area contributed by atoms with E-state index >= 15 is 0 Å². The van der Waals surface area contributed by atoms with Crippen molar-refractivity contribution in [1.82, 2.24) is 9.88 Å². The molecule has 10 heteroatoms. The number of aromatic nitrogens is 1. The molecular weight excluding hydrogens is 428 g/mol. The number of nitro groups is 1. The summed E-state index contributed by atoms with van der Waals surface area (Å²) in [6, 6.07) is 7.61. The number of ether oxygens (including phenoxy) is 1. The van der Waals surface area contributed by atoms with E-state index < -0.39 is 10.8 Å². The molecule has 0 radical (unpaired) electrons. The number of hydrogen-bond donors (Lipinski definition) is 0. The lowest BCUT2D eigenvalue weighted by molar-refractivity contribution is -0.384. The normalized spacial score (nSPS) is 11.1. The van der Waals surface area contributed by atoms with Crippen molar-refractivity contribution < 1.29 is 14.5 Å². The molecule has 0 spiro atoms. The van der Waals surface area contributed by atoms with E-state index in [0.29, 0.717) is 29.5 Å². The summed E-state index contributed by atoms with van der Waals surface area (Å²) in [5.74, 6) is 0.174. The Morgan fingerprint density at radius 1 is 1.27 bits per heavy atom. The van der Waals surface area contributed by atoms with Crippen LogP contribution in [0.1, 0.15) is 15.9 Å². The molecule has 0 bridgehead atoms. The molecule has 1 amide bonds. The van der Waals surface area contributed by atoms with Gasteiger partial charge in [0.05, 0.1) is 27.3 Å². The van der Waals surface area contributed by atoms with Gasteiger partial charge in [-0.1, -0.05) is 29.0 Å². The molecule has 0 atom stereocenters. The average Bonchev–Trinajstić information content (AvgIpc) is 3.14. The van der Waals surface area contributed by atoms with Gasteiger partial charge in [0, 0.05) is 25.2 Å². The second-order valence-electron chi connectivity index (χ2n) is 6.94. The number of likely N-dealkylation sites (N-methyl/N-ethyl adjacent to an activating group) is 1. The van der Waals surface area contributed by atoms with Crippen molar-refractivity contribution in [2.75, 3.05) is 39.2 Å². The van der Waals surface area contributed by atoms with Gasteiger partial charge in [0.2, 0.25) is 0 Å². The van der Waals surface area contributed by atoms with Crippen molar-refractivity contribution in [3.05, 3.63) is 56.6 Å². The number of anilines is 1. The predicted octanol–water partition coefficient (Wildman–Crippen LogP) is 4.38. The van der Waals surface area contributed by atoms with Crippen molar-refractivity contribution in [2.45, 2.75) is 6.92 Å². The lowest BCUT2D eigenvalue weighted by Crippen LogP contribution is -2.37. The van der Waals surface area contributed by atoms with Gasteiger partial charge in [0.15, 0.2) is 5.13 Å². The lowest BCUT2D eigenvalue weighted by Gasteiger charge is -2.22. The molecule has 8 nitrogen and oxygen atoms in total. The first-order chi connectivity index (χ1) is 14.2. The number of methoxy groups -OCH3 is 1. The van der Waals surface area contributed by atoms with Crippen LogP contribution in [0.3, 0.4) is 0 Å². The summed E-state index contributed by atoms with van der Waals surface area (Å²) in [4.78, 5) is 32.1. The van der Waals surface area contributed by atoms with Crippen molar-refractivity contribution in [3.63, 3.8) is 0 Å². The summed E-state index contributed by atoms with van der Waals surface area (Å²) in [7, 11) is 5.37. The summed E-state index contributed by atoms with van der Waals surface area (Å²) in [5.41, 5.74) is 1.55. The number of amides is 1. The number of carbonyl (C=O) groups is 1. The molecule has 2 aromatic carbocycles. The molecule has 0 unspecified atom stereocenters. The minimum atomic E-state index is -0.552. The smallest absolute Gasteiger partial charge is 0.270 e. The van der Waals surface area contributed by atoms with Crippen molar-refractivity contribution in [1.29, 1.82) is 0 Å². The van der Waals surface area contributed by atoms with Crippen LogP contribution in [-0.2, 0) is 0 Å².